The predicted octanol–water partition coefficient (Wildman–Crippen LogP) is 1.46. The molecule has 1 saturated carbocycles. The number of urea groups is 1. The lowest BCUT2D eigenvalue weighted by Crippen LogP contribution is -2.28. The summed E-state index contributed by atoms with van der Waals surface area (Å²) in [6.45, 7) is 0. The van der Waals surface area contributed by atoms with Crippen LogP contribution in [0.3, 0.4) is 0 Å². The standard InChI is InChI=1S/C13H16N4O3/c14-13(20)17-16-10-4-2-1-3-9(10)11-7-8(12(18)19)5-6-15-11/h5-7,9H,1-4H2,(H,18,19)(H3,14,17,20)/b16-10-/t9-/m1/s1. The molecule has 7 nitrogen and oxygen atoms in total. The second-order valence-corrected chi connectivity index (χ2v) is 4.65. The minimum Gasteiger partial charge on any atom is -0.478 e. The van der Waals surface area contributed by atoms with Crippen molar-refractivity contribution in [1.29, 1.82) is 0 Å². The minimum absolute atomic E-state index is 0.0742. The zero-order valence-corrected chi connectivity index (χ0v) is 10.9. The van der Waals surface area contributed by atoms with Crippen LogP contribution in [0.2, 0.25) is 0 Å². The molecule has 0 radical (unpaired) electrons. The Morgan fingerprint density at radius 1 is 1.45 bits per heavy atom. The minimum atomic E-state index is -0.988. The van der Waals surface area contributed by atoms with Gasteiger partial charge in [-0.05, 0) is 31.4 Å². The number of carbonyl (C=O) groups is 2. The number of carboxylic acid groups (broad SMARTS) is 1. The van der Waals surface area contributed by atoms with Crippen molar-refractivity contribution in [2.24, 2.45) is 10.8 Å². The third kappa shape index (κ3) is 3.31. The first-order valence-electron chi connectivity index (χ1n) is 6.39. The van der Waals surface area contributed by atoms with E-state index in [-0.39, 0.29) is 11.5 Å². The van der Waals surface area contributed by atoms with Gasteiger partial charge in [0.15, 0.2) is 0 Å². The predicted molar refractivity (Wildman–Crippen MR) is 72.6 cm³/mol. The molecule has 1 aliphatic carbocycles. The van der Waals surface area contributed by atoms with Gasteiger partial charge in [0.05, 0.1) is 5.56 Å². The Hall–Kier alpha value is -2.44. The fourth-order valence-electron chi connectivity index (χ4n) is 2.35. The normalized spacial score (nSPS) is 20.6. The van der Waals surface area contributed by atoms with Gasteiger partial charge in [-0.25, -0.2) is 15.0 Å². The number of pyridine rings is 1. The quantitative estimate of drug-likeness (QED) is 0.724. The van der Waals surface area contributed by atoms with Gasteiger partial charge in [-0.2, -0.15) is 5.10 Å². The molecule has 1 aromatic rings. The molecule has 1 aliphatic rings. The summed E-state index contributed by atoms with van der Waals surface area (Å²) in [7, 11) is 0. The second-order valence-electron chi connectivity index (χ2n) is 4.65. The van der Waals surface area contributed by atoms with E-state index in [1.165, 1.54) is 12.3 Å². The molecule has 0 unspecified atom stereocenters. The van der Waals surface area contributed by atoms with E-state index in [2.05, 4.69) is 15.5 Å². The summed E-state index contributed by atoms with van der Waals surface area (Å²) < 4.78 is 0. The fourth-order valence-corrected chi connectivity index (χ4v) is 2.35. The molecule has 7 heteroatoms. The number of carbonyl (C=O) groups excluding carboxylic acids is 1. The SMILES string of the molecule is NC(=O)N/N=C1/CCCC[C@H]1c1cc(C(=O)O)ccn1. The van der Waals surface area contributed by atoms with Crippen LogP contribution in [0.4, 0.5) is 4.79 Å². The number of rotatable bonds is 3. The molecule has 0 bridgehead atoms. The van der Waals surface area contributed by atoms with Gasteiger partial charge in [0.25, 0.3) is 0 Å². The highest BCUT2D eigenvalue weighted by Gasteiger charge is 2.24. The zero-order chi connectivity index (χ0) is 14.5. The molecule has 0 aliphatic heterocycles. The summed E-state index contributed by atoms with van der Waals surface area (Å²) in [6.07, 6.45) is 5.04. The molecule has 0 saturated heterocycles. The number of primary amides is 1. The summed E-state index contributed by atoms with van der Waals surface area (Å²) in [5, 5.41) is 13.0. The van der Waals surface area contributed by atoms with Crippen LogP contribution in [0.25, 0.3) is 0 Å². The molecule has 4 N–H and O–H groups in total. The third-order valence-electron chi connectivity index (χ3n) is 3.27. The molecule has 106 valence electrons. The summed E-state index contributed by atoms with van der Waals surface area (Å²) >= 11 is 0. The lowest BCUT2D eigenvalue weighted by Gasteiger charge is -2.23. The van der Waals surface area contributed by atoms with Gasteiger partial charge in [0.1, 0.15) is 0 Å². The van der Waals surface area contributed by atoms with Crippen LogP contribution in [0, 0.1) is 0 Å². The number of carboxylic acids is 1. The number of nitrogens with one attached hydrogen (secondary N) is 1. The molecule has 0 aromatic carbocycles. The van der Waals surface area contributed by atoms with Crippen LogP contribution in [0.1, 0.15) is 47.7 Å². The summed E-state index contributed by atoms with van der Waals surface area (Å²) in [4.78, 5) is 26.0. The van der Waals surface area contributed by atoms with E-state index >= 15 is 0 Å². The van der Waals surface area contributed by atoms with Gasteiger partial charge in [-0.1, -0.05) is 6.42 Å². The van der Waals surface area contributed by atoms with Gasteiger partial charge in [-0.3, -0.25) is 4.98 Å². The van der Waals surface area contributed by atoms with Crippen molar-refractivity contribution < 1.29 is 14.7 Å². The lowest BCUT2D eigenvalue weighted by molar-refractivity contribution is 0.0696. The molecule has 1 aromatic heterocycles. The average molecular weight is 276 g/mol. The molecule has 0 spiro atoms. The van der Waals surface area contributed by atoms with Crippen LogP contribution in [0.15, 0.2) is 23.4 Å². The van der Waals surface area contributed by atoms with E-state index in [1.54, 1.807) is 6.07 Å². The van der Waals surface area contributed by atoms with Crippen molar-refractivity contribution in [1.82, 2.24) is 10.4 Å². The van der Waals surface area contributed by atoms with Crippen molar-refractivity contribution in [2.75, 3.05) is 0 Å². The van der Waals surface area contributed by atoms with Gasteiger partial charge in [0, 0.05) is 23.5 Å². The molecule has 1 heterocycles. The zero-order valence-electron chi connectivity index (χ0n) is 10.9. The van der Waals surface area contributed by atoms with E-state index in [1.807, 2.05) is 0 Å². The van der Waals surface area contributed by atoms with E-state index in [0.29, 0.717) is 5.69 Å². The van der Waals surface area contributed by atoms with E-state index < -0.39 is 12.0 Å². The van der Waals surface area contributed by atoms with Gasteiger partial charge >= 0.3 is 12.0 Å². The molecular formula is C13H16N4O3. The number of hydrogen-bond donors (Lipinski definition) is 3. The molecule has 2 rings (SSSR count). The highest BCUT2D eigenvalue weighted by molar-refractivity contribution is 5.93. The Bertz CT molecular complexity index is 556. The van der Waals surface area contributed by atoms with Crippen molar-refractivity contribution in [3.63, 3.8) is 0 Å². The summed E-state index contributed by atoms with van der Waals surface area (Å²) in [6, 6.07) is 2.29. The Balaban J connectivity index is 2.27. The van der Waals surface area contributed by atoms with Crippen LogP contribution >= 0.6 is 0 Å². The third-order valence-corrected chi connectivity index (χ3v) is 3.27. The largest absolute Gasteiger partial charge is 0.478 e. The van der Waals surface area contributed by atoms with Crippen molar-refractivity contribution in [2.45, 2.75) is 31.6 Å². The maximum Gasteiger partial charge on any atom is 0.335 e. The number of amides is 2. The van der Waals surface area contributed by atoms with Crippen LogP contribution < -0.4 is 11.2 Å². The van der Waals surface area contributed by atoms with E-state index in [4.69, 9.17) is 10.8 Å². The molecule has 20 heavy (non-hydrogen) atoms. The fraction of sp³-hybridized carbons (Fsp3) is 0.385. The smallest absolute Gasteiger partial charge is 0.335 e. The van der Waals surface area contributed by atoms with Gasteiger partial charge < -0.3 is 10.8 Å². The van der Waals surface area contributed by atoms with Crippen LogP contribution in [-0.4, -0.2) is 27.8 Å². The maximum atomic E-state index is 11.0. The monoisotopic (exact) mass is 276 g/mol. The number of aromatic nitrogens is 1. The van der Waals surface area contributed by atoms with Crippen molar-refractivity contribution >= 4 is 17.7 Å². The van der Waals surface area contributed by atoms with E-state index in [9.17, 15) is 9.59 Å². The Morgan fingerprint density at radius 2 is 2.25 bits per heavy atom. The molecular weight excluding hydrogens is 260 g/mol. The molecule has 1 atom stereocenters. The highest BCUT2D eigenvalue weighted by atomic mass is 16.4. The lowest BCUT2D eigenvalue weighted by atomic mass is 9.84. The van der Waals surface area contributed by atoms with Crippen LogP contribution in [-0.2, 0) is 0 Å². The van der Waals surface area contributed by atoms with Crippen molar-refractivity contribution in [3.8, 4) is 0 Å². The van der Waals surface area contributed by atoms with Gasteiger partial charge in [-0.15, -0.1) is 0 Å². The average Bonchev–Trinajstić information content (AvgIpc) is 2.45. The second kappa shape index (κ2) is 6.14. The Labute approximate surface area is 115 Å². The first-order chi connectivity index (χ1) is 9.58. The molecule has 1 fully saturated rings. The summed E-state index contributed by atoms with van der Waals surface area (Å²) in [5.41, 5.74) is 8.88. The number of hydrazone groups is 1. The topological polar surface area (TPSA) is 118 Å². The number of nitrogens with zero attached hydrogens (tertiary/aromatic N) is 2. The van der Waals surface area contributed by atoms with Gasteiger partial charge in [0.2, 0.25) is 0 Å². The van der Waals surface area contributed by atoms with E-state index in [0.717, 1.165) is 31.4 Å². The number of aromatic carboxylic acids is 1. The maximum absolute atomic E-state index is 11.0. The number of hydrogen-bond acceptors (Lipinski definition) is 4. The molecule has 2 amide bonds. The Kier molecular flexibility index (Phi) is 4.29. The van der Waals surface area contributed by atoms with Crippen molar-refractivity contribution in [3.05, 3.63) is 29.6 Å². The summed E-state index contributed by atoms with van der Waals surface area (Å²) in [5.74, 6) is -1.06. The Morgan fingerprint density at radius 3 is 2.95 bits per heavy atom. The first kappa shape index (κ1) is 14.0. The highest BCUT2D eigenvalue weighted by Crippen LogP contribution is 2.30. The number of nitrogens with two attached hydrogens (primary N) is 1. The first-order valence-corrected chi connectivity index (χ1v) is 6.39. The van der Waals surface area contributed by atoms with Crippen LogP contribution in [0.5, 0.6) is 0 Å².